The van der Waals surface area contributed by atoms with Crippen LogP contribution in [0.15, 0.2) is 24.3 Å². The number of cyclic esters (lactones) is 1. The maximum atomic E-state index is 12.2. The lowest BCUT2D eigenvalue weighted by molar-refractivity contribution is -0.121. The number of ether oxygens (including phenoxy) is 1. The fourth-order valence-electron chi connectivity index (χ4n) is 2.87. The van der Waals surface area contributed by atoms with Gasteiger partial charge in [0.15, 0.2) is 0 Å². The number of hydrogen-bond donors (Lipinski definition) is 1. The van der Waals surface area contributed by atoms with Crippen LogP contribution in [-0.2, 0) is 9.53 Å². The molecule has 8 nitrogen and oxygen atoms in total. The number of amides is 4. The summed E-state index contributed by atoms with van der Waals surface area (Å²) in [7, 11) is 0. The summed E-state index contributed by atoms with van der Waals surface area (Å²) in [4.78, 5) is 50.2. The molecule has 0 bridgehead atoms. The van der Waals surface area contributed by atoms with Crippen molar-refractivity contribution in [1.29, 1.82) is 0 Å². The highest BCUT2D eigenvalue weighted by Gasteiger charge is 2.34. The van der Waals surface area contributed by atoms with Crippen LogP contribution in [0.4, 0.5) is 4.79 Å². The second-order valence-electron chi connectivity index (χ2n) is 5.86. The molecule has 0 spiro atoms. The monoisotopic (exact) mass is 345 g/mol. The average Bonchev–Trinajstić information content (AvgIpc) is 3.13. The van der Waals surface area contributed by atoms with Gasteiger partial charge in [-0.25, -0.2) is 4.79 Å². The maximum absolute atomic E-state index is 12.2. The summed E-state index contributed by atoms with van der Waals surface area (Å²) in [5.41, 5.74) is 0.760. The van der Waals surface area contributed by atoms with Gasteiger partial charge >= 0.3 is 6.09 Å². The molecule has 4 amide bonds. The molecule has 0 unspecified atom stereocenters. The second-order valence-corrected chi connectivity index (χ2v) is 5.86. The van der Waals surface area contributed by atoms with Gasteiger partial charge in [-0.15, -0.1) is 0 Å². The molecule has 3 rings (SSSR count). The predicted octanol–water partition coefficient (Wildman–Crippen LogP) is 0.631. The van der Waals surface area contributed by atoms with Crippen LogP contribution in [0, 0.1) is 0 Å². The van der Waals surface area contributed by atoms with Gasteiger partial charge in [-0.2, -0.15) is 0 Å². The van der Waals surface area contributed by atoms with Gasteiger partial charge in [0.25, 0.3) is 11.8 Å². The zero-order valence-corrected chi connectivity index (χ0v) is 13.7. The zero-order chi connectivity index (χ0) is 17.8. The van der Waals surface area contributed by atoms with Crippen molar-refractivity contribution in [3.63, 3.8) is 0 Å². The summed E-state index contributed by atoms with van der Waals surface area (Å²) in [6.45, 7) is 1.98. The molecule has 1 saturated heterocycles. The first-order valence-corrected chi connectivity index (χ1v) is 8.21. The van der Waals surface area contributed by atoms with Crippen molar-refractivity contribution >= 4 is 23.8 Å². The van der Waals surface area contributed by atoms with E-state index in [2.05, 4.69) is 5.32 Å². The zero-order valence-electron chi connectivity index (χ0n) is 13.7. The number of nitrogens with one attached hydrogen (secondary N) is 1. The fraction of sp³-hybridized carbons (Fsp3) is 0.412. The van der Waals surface area contributed by atoms with Crippen LogP contribution in [0.3, 0.4) is 0 Å². The largest absolute Gasteiger partial charge is 0.448 e. The Morgan fingerprint density at radius 3 is 2.36 bits per heavy atom. The Labute approximate surface area is 144 Å². The first-order chi connectivity index (χ1) is 12.1. The van der Waals surface area contributed by atoms with Gasteiger partial charge in [-0.3, -0.25) is 19.3 Å². The van der Waals surface area contributed by atoms with Crippen molar-refractivity contribution in [2.75, 3.05) is 32.8 Å². The molecule has 0 radical (unpaired) electrons. The van der Waals surface area contributed by atoms with Crippen LogP contribution in [0.5, 0.6) is 0 Å². The lowest BCUT2D eigenvalue weighted by Gasteiger charge is -2.14. The predicted molar refractivity (Wildman–Crippen MR) is 87.0 cm³/mol. The number of benzene rings is 1. The molecule has 2 aliphatic rings. The number of rotatable bonds is 7. The lowest BCUT2D eigenvalue weighted by Crippen LogP contribution is -2.35. The summed E-state index contributed by atoms with van der Waals surface area (Å²) < 4.78 is 4.82. The minimum Gasteiger partial charge on any atom is -0.448 e. The molecule has 0 atom stereocenters. The summed E-state index contributed by atoms with van der Waals surface area (Å²) >= 11 is 0. The number of imide groups is 1. The minimum absolute atomic E-state index is 0.0522. The lowest BCUT2D eigenvalue weighted by atomic mass is 10.1. The van der Waals surface area contributed by atoms with Crippen LogP contribution >= 0.6 is 0 Å². The summed E-state index contributed by atoms with van der Waals surface area (Å²) in [5, 5.41) is 2.73. The summed E-state index contributed by atoms with van der Waals surface area (Å²) in [5.74, 6) is -0.956. The molecular formula is C17H19N3O5. The SMILES string of the molecule is O=C(CCN1C(=O)c2ccccc2C1=O)NCCCN1CCOC1=O. The quantitative estimate of drug-likeness (QED) is 0.578. The van der Waals surface area contributed by atoms with Crippen molar-refractivity contribution in [1.82, 2.24) is 15.1 Å². The van der Waals surface area contributed by atoms with Crippen molar-refractivity contribution in [3.05, 3.63) is 35.4 Å². The van der Waals surface area contributed by atoms with Crippen molar-refractivity contribution in [2.24, 2.45) is 0 Å². The van der Waals surface area contributed by atoms with E-state index in [0.717, 1.165) is 4.90 Å². The third-order valence-electron chi connectivity index (χ3n) is 4.21. The fourth-order valence-corrected chi connectivity index (χ4v) is 2.87. The van der Waals surface area contributed by atoms with E-state index >= 15 is 0 Å². The molecule has 0 saturated carbocycles. The van der Waals surface area contributed by atoms with Gasteiger partial charge in [-0.1, -0.05) is 12.1 Å². The molecule has 2 aliphatic heterocycles. The van der Waals surface area contributed by atoms with Gasteiger partial charge in [0, 0.05) is 26.1 Å². The molecular weight excluding hydrogens is 326 g/mol. The number of hydrogen-bond acceptors (Lipinski definition) is 5. The van der Waals surface area contributed by atoms with Crippen molar-refractivity contribution < 1.29 is 23.9 Å². The highest BCUT2D eigenvalue weighted by atomic mass is 16.6. The van der Waals surface area contributed by atoms with Crippen LogP contribution in [-0.4, -0.2) is 66.4 Å². The van der Waals surface area contributed by atoms with Gasteiger partial charge in [0.1, 0.15) is 6.61 Å². The molecule has 1 aromatic rings. The highest BCUT2D eigenvalue weighted by molar-refractivity contribution is 6.21. The van der Waals surface area contributed by atoms with E-state index < -0.39 is 0 Å². The first-order valence-electron chi connectivity index (χ1n) is 8.21. The van der Waals surface area contributed by atoms with Crippen LogP contribution < -0.4 is 5.32 Å². The van der Waals surface area contributed by atoms with Gasteiger partial charge in [0.05, 0.1) is 17.7 Å². The molecule has 8 heteroatoms. The van der Waals surface area contributed by atoms with Crippen molar-refractivity contribution in [2.45, 2.75) is 12.8 Å². The highest BCUT2D eigenvalue weighted by Crippen LogP contribution is 2.22. The first kappa shape index (κ1) is 16.9. The summed E-state index contributed by atoms with van der Waals surface area (Å²) in [6.07, 6.45) is 0.349. The standard InChI is InChI=1S/C17H19N3O5/c21-14(18-7-3-8-19-10-11-25-17(19)24)6-9-20-15(22)12-4-1-2-5-13(12)16(20)23/h1-2,4-5H,3,6-11H2,(H,18,21). The molecule has 2 heterocycles. The molecule has 0 aliphatic carbocycles. The van der Waals surface area contributed by atoms with Crippen LogP contribution in [0.25, 0.3) is 0 Å². The van der Waals surface area contributed by atoms with E-state index in [1.54, 1.807) is 29.2 Å². The molecule has 1 fully saturated rings. The van der Waals surface area contributed by atoms with Gasteiger partial charge in [0.2, 0.25) is 5.91 Å². The van der Waals surface area contributed by atoms with E-state index in [0.29, 0.717) is 43.8 Å². The van der Waals surface area contributed by atoms with Crippen LogP contribution in [0.1, 0.15) is 33.6 Å². The number of carbonyl (C=O) groups excluding carboxylic acids is 4. The number of fused-ring (bicyclic) bond motifs is 1. The Balaban J connectivity index is 1.39. The van der Waals surface area contributed by atoms with E-state index in [-0.39, 0.29) is 36.8 Å². The Kier molecular flexibility index (Phi) is 4.97. The minimum atomic E-state index is -0.360. The molecule has 1 N–H and O–H groups in total. The molecule has 0 aromatic heterocycles. The van der Waals surface area contributed by atoms with E-state index in [1.165, 1.54) is 0 Å². The smallest absolute Gasteiger partial charge is 0.409 e. The topological polar surface area (TPSA) is 96.0 Å². The maximum Gasteiger partial charge on any atom is 0.409 e. The second kappa shape index (κ2) is 7.33. The van der Waals surface area contributed by atoms with Crippen molar-refractivity contribution in [3.8, 4) is 0 Å². The van der Waals surface area contributed by atoms with Gasteiger partial charge < -0.3 is 15.0 Å². The third-order valence-corrected chi connectivity index (χ3v) is 4.21. The Morgan fingerprint density at radius 2 is 1.76 bits per heavy atom. The Morgan fingerprint density at radius 1 is 1.08 bits per heavy atom. The average molecular weight is 345 g/mol. The molecule has 25 heavy (non-hydrogen) atoms. The molecule has 132 valence electrons. The summed E-state index contributed by atoms with van der Waals surface area (Å²) in [6, 6.07) is 6.63. The molecule has 1 aromatic carbocycles. The number of nitrogens with zero attached hydrogens (tertiary/aromatic N) is 2. The Bertz CT molecular complexity index is 683. The number of carbonyl (C=O) groups is 4. The van der Waals surface area contributed by atoms with E-state index in [1.807, 2.05) is 0 Å². The Hall–Kier alpha value is -2.90. The van der Waals surface area contributed by atoms with Gasteiger partial charge in [-0.05, 0) is 18.6 Å². The van der Waals surface area contributed by atoms with E-state index in [9.17, 15) is 19.2 Å². The van der Waals surface area contributed by atoms with Crippen LogP contribution in [0.2, 0.25) is 0 Å². The van der Waals surface area contributed by atoms with E-state index in [4.69, 9.17) is 4.74 Å². The third kappa shape index (κ3) is 3.62. The normalized spacial score (nSPS) is 16.2.